The summed E-state index contributed by atoms with van der Waals surface area (Å²) >= 11 is 0. The average Bonchev–Trinajstić information content (AvgIpc) is 2.81. The molecule has 0 fully saturated rings. The van der Waals surface area contributed by atoms with E-state index in [4.69, 9.17) is 0 Å². The molecule has 0 aliphatic rings. The number of hydrogen-bond acceptors (Lipinski definition) is 3. The predicted molar refractivity (Wildman–Crippen MR) is 145 cm³/mol. The summed E-state index contributed by atoms with van der Waals surface area (Å²) in [6.07, 6.45) is 23.0. The minimum absolute atomic E-state index is 0. The summed E-state index contributed by atoms with van der Waals surface area (Å²) in [7, 11) is -4.43. The summed E-state index contributed by atoms with van der Waals surface area (Å²) in [6.45, 7) is 4.51. The van der Waals surface area contributed by atoms with Gasteiger partial charge in [-0.05, 0) is 59.7 Å². The van der Waals surface area contributed by atoms with Crippen molar-refractivity contribution in [1.29, 1.82) is 0 Å². The van der Waals surface area contributed by atoms with Crippen LogP contribution in [0.25, 0.3) is 10.8 Å². The molecule has 0 aliphatic carbocycles. The fourth-order valence-corrected chi connectivity index (χ4v) is 5.40. The fourth-order valence-electron chi connectivity index (χ4n) is 4.89. The summed E-state index contributed by atoms with van der Waals surface area (Å²) in [4.78, 5) is -0.131. The van der Waals surface area contributed by atoms with Gasteiger partial charge in [0.2, 0.25) is 0 Å². The monoisotopic (exact) mass is 510 g/mol. The van der Waals surface area contributed by atoms with E-state index in [0.29, 0.717) is 0 Å². The fraction of sp³-hybridized carbons (Fsp3) is 0.667. The second-order valence-electron chi connectivity index (χ2n) is 10.0. The molecule has 0 amide bonds. The van der Waals surface area contributed by atoms with Crippen molar-refractivity contribution in [3.8, 4) is 0 Å². The first kappa shape index (κ1) is 32.6. The van der Waals surface area contributed by atoms with Crippen LogP contribution in [0.15, 0.2) is 35.2 Å². The molecule has 2 aromatic carbocycles. The van der Waals surface area contributed by atoms with E-state index in [-0.39, 0.29) is 34.5 Å². The van der Waals surface area contributed by atoms with Gasteiger partial charge in [0.05, 0.1) is 4.90 Å². The van der Waals surface area contributed by atoms with Crippen molar-refractivity contribution in [1.82, 2.24) is 0 Å². The van der Waals surface area contributed by atoms with Crippen LogP contribution in [0.1, 0.15) is 128 Å². The van der Waals surface area contributed by atoms with Crippen molar-refractivity contribution in [2.45, 2.75) is 134 Å². The maximum absolute atomic E-state index is 11.5. The molecule has 0 saturated heterocycles. The van der Waals surface area contributed by atoms with Gasteiger partial charge >= 0.3 is 29.6 Å². The van der Waals surface area contributed by atoms with E-state index >= 15 is 0 Å². The minimum atomic E-state index is -4.43. The van der Waals surface area contributed by atoms with Crippen LogP contribution < -0.4 is 29.6 Å². The van der Waals surface area contributed by atoms with Gasteiger partial charge in [0, 0.05) is 0 Å². The average molecular weight is 511 g/mol. The summed E-state index contributed by atoms with van der Waals surface area (Å²) in [6, 6.07) is 9.17. The Morgan fingerprint density at radius 1 is 0.571 bits per heavy atom. The van der Waals surface area contributed by atoms with E-state index in [1.807, 2.05) is 0 Å². The van der Waals surface area contributed by atoms with Crippen LogP contribution in [0.2, 0.25) is 0 Å². The standard InChI is InChI=1S/C30H48O3S.Na/c1-3-5-7-9-11-13-15-17-19-26-23-28-21-22-30(34(31,32)33)25-29(28)24-27(26)20-18-16-14-12-10-8-6-4-2;/h21-25H,3-20H2,1-2H3,(H,31,32,33);/q;+1/p-1. The van der Waals surface area contributed by atoms with Crippen molar-refractivity contribution in [3.63, 3.8) is 0 Å². The summed E-state index contributed by atoms with van der Waals surface area (Å²) in [5.41, 5.74) is 2.74. The zero-order chi connectivity index (χ0) is 24.7. The number of benzene rings is 2. The van der Waals surface area contributed by atoms with E-state index in [2.05, 4.69) is 26.0 Å². The van der Waals surface area contributed by atoms with Gasteiger partial charge in [-0.2, -0.15) is 0 Å². The van der Waals surface area contributed by atoms with Crippen molar-refractivity contribution in [2.75, 3.05) is 0 Å². The Morgan fingerprint density at radius 2 is 0.971 bits per heavy atom. The summed E-state index contributed by atoms with van der Waals surface area (Å²) < 4.78 is 34.5. The Morgan fingerprint density at radius 3 is 1.40 bits per heavy atom. The second-order valence-corrected chi connectivity index (χ2v) is 11.4. The van der Waals surface area contributed by atoms with Gasteiger partial charge < -0.3 is 4.55 Å². The number of unbranched alkanes of at least 4 members (excludes halogenated alkanes) is 14. The molecule has 0 radical (unpaired) electrons. The van der Waals surface area contributed by atoms with Gasteiger partial charge in [0.15, 0.2) is 0 Å². The van der Waals surface area contributed by atoms with E-state index in [9.17, 15) is 13.0 Å². The molecular formula is C30H47NaO3S. The molecule has 35 heavy (non-hydrogen) atoms. The van der Waals surface area contributed by atoms with Crippen LogP contribution in [0.4, 0.5) is 0 Å². The third kappa shape index (κ3) is 13.1. The predicted octanol–water partition coefficient (Wildman–Crippen LogP) is 6.11. The van der Waals surface area contributed by atoms with Crippen LogP contribution in [0.3, 0.4) is 0 Å². The van der Waals surface area contributed by atoms with E-state index < -0.39 is 10.1 Å². The first-order valence-corrected chi connectivity index (χ1v) is 15.4. The molecule has 0 aromatic heterocycles. The Labute approximate surface area is 237 Å². The van der Waals surface area contributed by atoms with Crippen molar-refractivity contribution >= 4 is 20.9 Å². The Balaban J connectivity index is 0.00000612. The number of fused-ring (bicyclic) bond motifs is 1. The first-order chi connectivity index (χ1) is 16.5. The third-order valence-electron chi connectivity index (χ3n) is 7.02. The molecule has 5 heteroatoms. The molecule has 0 atom stereocenters. The molecule has 2 aromatic rings. The van der Waals surface area contributed by atoms with Crippen LogP contribution in [0.5, 0.6) is 0 Å². The molecule has 3 nitrogen and oxygen atoms in total. The SMILES string of the molecule is CCCCCCCCCCc1cc2ccc(S(=O)(=O)[O-])cc2cc1CCCCCCCCCC.[Na+]. The van der Waals surface area contributed by atoms with E-state index in [1.54, 1.807) is 12.1 Å². The summed E-state index contributed by atoms with van der Waals surface area (Å²) in [5.74, 6) is 0. The largest absolute Gasteiger partial charge is 1.00 e. The topological polar surface area (TPSA) is 57.2 Å². The van der Waals surface area contributed by atoms with Crippen molar-refractivity contribution in [2.24, 2.45) is 0 Å². The molecule has 0 aliphatic heterocycles. The molecule has 2 rings (SSSR count). The molecular weight excluding hydrogens is 463 g/mol. The van der Waals surface area contributed by atoms with Gasteiger partial charge in [0.25, 0.3) is 0 Å². The Hall–Kier alpha value is -0.390. The van der Waals surface area contributed by atoms with Gasteiger partial charge in [-0.25, -0.2) is 8.42 Å². The van der Waals surface area contributed by atoms with E-state index in [0.717, 1.165) is 23.6 Å². The maximum Gasteiger partial charge on any atom is 1.00 e. The Bertz CT molecular complexity index is 940. The second kappa shape index (κ2) is 18.8. The van der Waals surface area contributed by atoms with Gasteiger partial charge in [-0.3, -0.25) is 0 Å². The van der Waals surface area contributed by atoms with Crippen LogP contribution >= 0.6 is 0 Å². The normalized spacial score (nSPS) is 11.6. The first-order valence-electron chi connectivity index (χ1n) is 14.0. The van der Waals surface area contributed by atoms with Gasteiger partial charge in [0.1, 0.15) is 10.1 Å². The zero-order valence-corrected chi connectivity index (χ0v) is 25.6. The maximum atomic E-state index is 11.5. The number of aryl methyl sites for hydroxylation is 2. The van der Waals surface area contributed by atoms with Crippen LogP contribution in [-0.4, -0.2) is 13.0 Å². The van der Waals surface area contributed by atoms with E-state index in [1.165, 1.54) is 120 Å². The Kier molecular flexibility index (Phi) is 17.5. The zero-order valence-electron chi connectivity index (χ0n) is 22.7. The number of hydrogen-bond donors (Lipinski definition) is 0. The molecule has 192 valence electrons. The van der Waals surface area contributed by atoms with Gasteiger partial charge in [-0.1, -0.05) is 122 Å². The number of rotatable bonds is 19. The molecule has 0 spiro atoms. The summed E-state index contributed by atoms with van der Waals surface area (Å²) in [5, 5.41) is 1.90. The smallest absolute Gasteiger partial charge is 0.744 e. The van der Waals surface area contributed by atoms with Crippen molar-refractivity contribution < 1.29 is 42.5 Å². The molecule has 0 bridgehead atoms. The molecule has 0 unspecified atom stereocenters. The van der Waals surface area contributed by atoms with Crippen LogP contribution in [-0.2, 0) is 23.0 Å². The third-order valence-corrected chi connectivity index (χ3v) is 7.85. The minimum Gasteiger partial charge on any atom is -0.744 e. The van der Waals surface area contributed by atoms with Gasteiger partial charge in [-0.15, -0.1) is 0 Å². The van der Waals surface area contributed by atoms with Crippen molar-refractivity contribution in [3.05, 3.63) is 41.5 Å². The van der Waals surface area contributed by atoms with Crippen LogP contribution in [0, 0.1) is 0 Å². The quantitative estimate of drug-likeness (QED) is 0.130. The molecule has 0 saturated carbocycles. The molecule has 0 N–H and O–H groups in total. The molecule has 0 heterocycles.